The van der Waals surface area contributed by atoms with Gasteiger partial charge in [-0.05, 0) is 118 Å². The number of amides is 4. The number of nitrogens with one attached hydrogen (secondary N) is 2. The summed E-state index contributed by atoms with van der Waals surface area (Å²) in [7, 11) is 0. The van der Waals surface area contributed by atoms with E-state index in [1.807, 2.05) is 102 Å². The van der Waals surface area contributed by atoms with Gasteiger partial charge in [-0.1, -0.05) is 56.6 Å². The SMILES string of the molecule is Cc1ncsc1-c1ccc(CNC(=O)[C@@H]2C[C@@H](O)CN2C(=O)[C@@H](NC(=O)COCCCOCCCCCOc2ccc(N3C(=S)N(c4ccc(C#N)c(Cl)c4)C(=O)C3(C)C)cc2)C(C)(C)C)cc1. The molecule has 0 radical (unpaired) electrons. The number of thiocarbonyl (C=S) groups is 1. The number of carbonyl (C=O) groups excluding carboxylic acids is 4. The molecule has 6 rings (SSSR count). The molecule has 1 aromatic heterocycles. The minimum absolute atomic E-state index is 0.0118. The second-order valence-corrected chi connectivity index (χ2v) is 20.1. The number of aliphatic hydroxyl groups excluding tert-OH is 1. The van der Waals surface area contributed by atoms with Crippen molar-refractivity contribution in [2.75, 3.05) is 49.4 Å². The molecule has 18 heteroatoms. The fraction of sp³-hybridized carbons (Fsp3) is 0.460. The van der Waals surface area contributed by atoms with Crippen molar-refractivity contribution in [2.45, 2.75) is 104 Å². The molecule has 0 spiro atoms. The standard InChI is InChI=1S/C50H60ClN7O8S2/c1-32-43(68-31-54-32)34-13-11-33(12-14-34)28-53-45(61)41-26-38(59)29-56(41)46(62)44(49(2,3)4)55-42(60)30-65-23-10-22-64-21-8-7-9-24-66-39-19-17-36(18-20-39)58-48(67)57(47(63)50(58,5)6)37-16-15-35(27-52)40(51)25-37/h11-20,25,31,38,41,44,59H,7-10,21-24,26,28-30H2,1-6H3,(H,53,61)(H,55,60)/t38-,41+,44-/m1/s1. The van der Waals surface area contributed by atoms with E-state index in [1.54, 1.807) is 34.4 Å². The number of hydrogen-bond acceptors (Lipinski definition) is 12. The fourth-order valence-electron chi connectivity index (χ4n) is 8.07. The number of halogens is 1. The molecule has 3 atom stereocenters. The lowest BCUT2D eigenvalue weighted by atomic mass is 9.85. The van der Waals surface area contributed by atoms with Gasteiger partial charge in [-0.3, -0.25) is 24.1 Å². The third-order valence-corrected chi connectivity index (χ3v) is 13.5. The molecule has 0 unspecified atom stereocenters. The number of rotatable bonds is 21. The number of anilines is 2. The quantitative estimate of drug-likeness (QED) is 0.0558. The number of hydrogen-bond donors (Lipinski definition) is 3. The average molecular weight is 987 g/mol. The van der Waals surface area contributed by atoms with Crippen LogP contribution < -0.4 is 25.2 Å². The number of aliphatic hydroxyl groups is 1. The first-order valence-electron chi connectivity index (χ1n) is 22.7. The largest absolute Gasteiger partial charge is 0.494 e. The normalized spacial score (nSPS) is 17.3. The molecule has 2 saturated heterocycles. The zero-order valence-corrected chi connectivity index (χ0v) is 41.8. The highest BCUT2D eigenvalue weighted by molar-refractivity contribution is 7.81. The number of nitrogens with zero attached hydrogens (tertiary/aromatic N) is 5. The predicted molar refractivity (Wildman–Crippen MR) is 266 cm³/mol. The molecule has 3 aromatic carbocycles. The molecule has 3 heterocycles. The van der Waals surface area contributed by atoms with Gasteiger partial charge in [0.15, 0.2) is 5.11 Å². The molecule has 2 fully saturated rings. The van der Waals surface area contributed by atoms with Crippen LogP contribution in [0.3, 0.4) is 0 Å². The van der Waals surface area contributed by atoms with Crippen LogP contribution in [-0.4, -0.2) is 107 Å². The summed E-state index contributed by atoms with van der Waals surface area (Å²) in [6.45, 7) is 13.0. The molecule has 0 bridgehead atoms. The van der Waals surface area contributed by atoms with Crippen molar-refractivity contribution in [2.24, 2.45) is 5.41 Å². The van der Waals surface area contributed by atoms with Crippen molar-refractivity contribution in [1.29, 1.82) is 5.26 Å². The topological polar surface area (TPSA) is 187 Å². The monoisotopic (exact) mass is 985 g/mol. The Labute approximate surface area is 412 Å². The van der Waals surface area contributed by atoms with Crippen molar-refractivity contribution < 1.29 is 38.5 Å². The number of β-amino-alcohol motifs (C(OH)–C–C–N with tert-alkyl or cyclic N) is 1. The van der Waals surface area contributed by atoms with Crippen LogP contribution in [0.4, 0.5) is 11.4 Å². The number of thiazole rings is 1. The first-order chi connectivity index (χ1) is 32.4. The molecule has 4 amide bonds. The highest BCUT2D eigenvalue weighted by atomic mass is 35.5. The number of aryl methyl sites for hydroxylation is 1. The van der Waals surface area contributed by atoms with E-state index >= 15 is 0 Å². The van der Waals surface area contributed by atoms with Gasteiger partial charge in [-0.25, -0.2) is 4.98 Å². The lowest BCUT2D eigenvalue weighted by Gasteiger charge is -2.35. The van der Waals surface area contributed by atoms with E-state index in [-0.39, 0.29) is 43.0 Å². The Bertz CT molecular complexity index is 2470. The fourth-order valence-corrected chi connectivity index (χ4v) is 9.62. The molecule has 2 aliphatic heterocycles. The summed E-state index contributed by atoms with van der Waals surface area (Å²) in [5, 5.41) is 26.1. The number of unbranched alkanes of at least 4 members (excludes halogenated alkanes) is 2. The van der Waals surface area contributed by atoms with E-state index in [0.717, 1.165) is 46.6 Å². The van der Waals surface area contributed by atoms with Gasteiger partial charge in [0.25, 0.3) is 5.91 Å². The Morgan fingerprint density at radius 3 is 2.32 bits per heavy atom. The van der Waals surface area contributed by atoms with Crippen molar-refractivity contribution in [3.05, 3.63) is 94.1 Å². The van der Waals surface area contributed by atoms with Gasteiger partial charge in [-0.15, -0.1) is 11.3 Å². The summed E-state index contributed by atoms with van der Waals surface area (Å²) in [5.41, 5.74) is 4.62. The van der Waals surface area contributed by atoms with Crippen LogP contribution in [0.25, 0.3) is 10.4 Å². The maximum Gasteiger partial charge on any atom is 0.259 e. The van der Waals surface area contributed by atoms with Crippen LogP contribution in [0.2, 0.25) is 5.02 Å². The minimum atomic E-state index is -0.960. The molecule has 4 aromatic rings. The summed E-state index contributed by atoms with van der Waals surface area (Å²) in [6, 6.07) is 20.3. The average Bonchev–Trinajstić information content (AvgIpc) is 3.97. The molecular weight excluding hydrogens is 926 g/mol. The maximum atomic E-state index is 13.9. The van der Waals surface area contributed by atoms with Gasteiger partial charge in [0.2, 0.25) is 17.7 Å². The van der Waals surface area contributed by atoms with Gasteiger partial charge in [0.05, 0.1) is 45.1 Å². The Morgan fingerprint density at radius 1 is 0.985 bits per heavy atom. The Kier molecular flexibility index (Phi) is 17.7. The highest BCUT2D eigenvalue weighted by Crippen LogP contribution is 2.38. The summed E-state index contributed by atoms with van der Waals surface area (Å²) in [4.78, 5) is 63.9. The number of nitriles is 1. The molecule has 0 saturated carbocycles. The Balaban J connectivity index is 0.841. The summed E-state index contributed by atoms with van der Waals surface area (Å²) < 4.78 is 17.3. The van der Waals surface area contributed by atoms with Crippen LogP contribution in [-0.2, 0) is 35.2 Å². The lowest BCUT2D eigenvalue weighted by molar-refractivity contribution is -0.144. The number of carbonyl (C=O) groups is 4. The summed E-state index contributed by atoms with van der Waals surface area (Å²) in [5.74, 6) is -0.771. The minimum Gasteiger partial charge on any atom is -0.494 e. The van der Waals surface area contributed by atoms with E-state index in [9.17, 15) is 29.5 Å². The van der Waals surface area contributed by atoms with Gasteiger partial charge in [-0.2, -0.15) is 5.26 Å². The van der Waals surface area contributed by atoms with Crippen LogP contribution in [0, 0.1) is 23.7 Å². The molecule has 68 heavy (non-hydrogen) atoms. The van der Waals surface area contributed by atoms with E-state index in [0.29, 0.717) is 55.0 Å². The van der Waals surface area contributed by atoms with E-state index in [2.05, 4.69) is 15.6 Å². The number of benzene rings is 3. The first kappa shape index (κ1) is 51.9. The van der Waals surface area contributed by atoms with Gasteiger partial charge in [0, 0.05) is 45.0 Å². The number of likely N-dealkylation sites (tertiary alicyclic amines) is 1. The third kappa shape index (κ3) is 12.8. The van der Waals surface area contributed by atoms with Gasteiger partial charge < -0.3 is 39.8 Å². The smallest absolute Gasteiger partial charge is 0.259 e. The molecule has 2 aliphatic rings. The van der Waals surface area contributed by atoms with Crippen molar-refractivity contribution in [3.63, 3.8) is 0 Å². The van der Waals surface area contributed by atoms with Crippen molar-refractivity contribution in [1.82, 2.24) is 20.5 Å². The molecule has 15 nitrogen and oxygen atoms in total. The van der Waals surface area contributed by atoms with Crippen LogP contribution in [0.1, 0.15) is 83.5 Å². The lowest BCUT2D eigenvalue weighted by Crippen LogP contribution is -2.58. The zero-order chi connectivity index (χ0) is 49.2. The van der Waals surface area contributed by atoms with Crippen LogP contribution in [0.15, 0.2) is 72.2 Å². The van der Waals surface area contributed by atoms with Crippen LogP contribution >= 0.6 is 35.2 Å². The van der Waals surface area contributed by atoms with Crippen molar-refractivity contribution >= 4 is 75.3 Å². The number of aromatic nitrogens is 1. The second-order valence-electron chi connectivity index (χ2n) is 18.5. The molecule has 362 valence electrons. The Hall–Kier alpha value is -5.48. The molecular formula is C50H60ClN7O8S2. The zero-order valence-electron chi connectivity index (χ0n) is 39.4. The summed E-state index contributed by atoms with van der Waals surface area (Å²) >= 11 is 13.6. The van der Waals surface area contributed by atoms with Gasteiger partial charge in [0.1, 0.15) is 36.0 Å². The highest BCUT2D eigenvalue weighted by Gasteiger charge is 2.50. The molecule has 0 aliphatic carbocycles. The van der Waals surface area contributed by atoms with E-state index < -0.39 is 41.0 Å². The van der Waals surface area contributed by atoms with E-state index in [4.69, 9.17) is 38.0 Å². The van der Waals surface area contributed by atoms with Gasteiger partial charge >= 0.3 is 0 Å². The summed E-state index contributed by atoms with van der Waals surface area (Å²) in [6.07, 6.45) is 2.40. The first-order valence-corrected chi connectivity index (χ1v) is 24.4. The second kappa shape index (κ2) is 23.2. The molecule has 3 N–H and O–H groups in total. The number of ether oxygens (including phenoxy) is 3. The van der Waals surface area contributed by atoms with Crippen LogP contribution in [0.5, 0.6) is 5.75 Å². The third-order valence-electron chi connectivity index (χ3n) is 11.8. The maximum absolute atomic E-state index is 13.9. The van der Waals surface area contributed by atoms with Crippen molar-refractivity contribution in [3.8, 4) is 22.3 Å². The van der Waals surface area contributed by atoms with E-state index in [1.165, 1.54) is 9.80 Å². The predicted octanol–water partition coefficient (Wildman–Crippen LogP) is 7.34. The Morgan fingerprint density at radius 2 is 1.66 bits per heavy atom.